The zero-order valence-corrected chi connectivity index (χ0v) is 58.4. The highest BCUT2D eigenvalue weighted by Crippen LogP contribution is 2.48. The van der Waals surface area contributed by atoms with Gasteiger partial charge >= 0.3 is 6.09 Å². The van der Waals surface area contributed by atoms with Crippen molar-refractivity contribution in [2.75, 3.05) is 4.90 Å². The number of carbonyl (C=O) groups is 7. The molecule has 99 heavy (non-hydrogen) atoms. The van der Waals surface area contributed by atoms with Gasteiger partial charge in [-0.05, 0) is 150 Å². The highest BCUT2D eigenvalue weighted by molar-refractivity contribution is 7.17. The average molecular weight is 1510 g/mol. The minimum absolute atomic E-state index is 0. The molecule has 0 unspecified atom stereocenters. The van der Waals surface area contributed by atoms with E-state index in [0.29, 0.717) is 25.9 Å². The van der Waals surface area contributed by atoms with E-state index in [1.165, 1.54) is 57.5 Å². The molecule has 2 saturated carbocycles. The number of rotatable bonds is 13. The van der Waals surface area contributed by atoms with Crippen LogP contribution in [0.5, 0.6) is 0 Å². The Morgan fingerprint density at radius 3 is 1.45 bits per heavy atom. The van der Waals surface area contributed by atoms with Crippen LogP contribution in [0.2, 0.25) is 17.3 Å². The minimum atomic E-state index is -0.792. The standard InChI is InChI=1S/C26H22ClFN4O2S.C17H17ClN2O3S.C13H15ClN2O2S.C9H11ClN2OS.C2H6.5CH4/c1-26(22-10-11-23(27)35-22)21(30-25(34)15-2-3-15)13-24(33)31(26)19-8-9-20-16(12-19)14-29-32(20)18-6-4-17(28)5-7-18;1-17(13-7-8-14(18)24-13)12(9-15(21)20-17)19-16(22)23-10-11-5-3-2-4-6-11;1-13(9-4-5-10(14)19-9)8(6-11(17)16-13)15-12(18)7-2-3-7;1-9(5(11)4-8(13)12-9)6-2-3-7(10)14-6;1-2;;;;;/h4-12,14-15,21H,2-3,13H2,1H3,(H,30,34);2-8,12H,9-10H2,1H3,(H,19,22)(H,20,21);4-5,7-8H,2-3,6H2,1H3,(H,15,18)(H,16,17);2-3,5H,4,11H2,1H3,(H,12,13);1-2H3;5*1H4/t21-,26-;12-,17-;8-,13-;5-,9-;;;;;;/m0000....../s1. The van der Waals surface area contributed by atoms with Crippen LogP contribution in [-0.4, -0.2) is 75.5 Å². The summed E-state index contributed by atoms with van der Waals surface area (Å²) in [6, 6.07) is 35.0. The van der Waals surface area contributed by atoms with Crippen LogP contribution in [0.15, 0.2) is 128 Å². The zero-order valence-electron chi connectivity index (χ0n) is 52.2. The normalized spacial score (nSPS) is 23.8. The van der Waals surface area contributed by atoms with E-state index in [0.717, 1.165) is 77.4 Å². The van der Waals surface area contributed by atoms with Crippen molar-refractivity contribution in [1.29, 1.82) is 0 Å². The zero-order chi connectivity index (χ0) is 67.4. The summed E-state index contributed by atoms with van der Waals surface area (Å²) < 4.78 is 23.0. The molecule has 6 aliphatic rings. The molecule has 0 bridgehead atoms. The molecule has 3 aromatic carbocycles. The largest absolute Gasteiger partial charge is 0.445 e. The number of hydrogen-bond donors (Lipinski definition) is 7. The Balaban J connectivity index is 0.000000244. The summed E-state index contributed by atoms with van der Waals surface area (Å²) in [4.78, 5) is 90.5. The maximum atomic E-state index is 13.4. The maximum Gasteiger partial charge on any atom is 0.407 e. The number of halogens is 5. The number of alkyl carbamates (subject to hydrolysis) is 1. The molecule has 536 valence electrons. The van der Waals surface area contributed by atoms with Gasteiger partial charge in [0.25, 0.3) is 0 Å². The average Bonchev–Trinajstić information content (AvgIpc) is 1.59. The van der Waals surface area contributed by atoms with Gasteiger partial charge in [0, 0.05) is 67.7 Å². The number of thiophene rings is 4. The minimum Gasteiger partial charge on any atom is -0.445 e. The fraction of sp³-hybridized carbons (Fsp3) is 0.417. The fourth-order valence-corrected chi connectivity index (χ4v) is 16.7. The SMILES string of the molecule is C.C.C.C.C.CC.C[C@@]1(c2ccc(Cl)s2)[C@@H](NC(=O)C2CC2)CC(=O)N1c1ccc2c(cnn2-c2ccc(F)cc2)c1.C[C@]1(c2ccc(Cl)s2)NC(=O)C[C@@H]1N.C[C@]1(c2ccc(Cl)s2)NC(=O)C[C@@H]1NC(=O)C1CC1.C[C@]1(c2ccc(Cl)s2)NC(=O)C[C@@H]1NC(=O)OCc1ccccc1. The van der Waals surface area contributed by atoms with Crippen LogP contribution in [0.3, 0.4) is 0 Å². The summed E-state index contributed by atoms with van der Waals surface area (Å²) >= 11 is 29.8. The van der Waals surface area contributed by atoms with Crippen molar-refractivity contribution < 1.29 is 42.7 Å². The molecule has 4 aliphatic heterocycles. The van der Waals surface area contributed by atoms with E-state index in [4.69, 9.17) is 56.9 Å². The number of benzene rings is 3. The molecule has 14 rings (SSSR count). The summed E-state index contributed by atoms with van der Waals surface area (Å²) in [5, 5.41) is 23.1. The molecule has 18 nitrogen and oxygen atoms in total. The molecule has 8 N–H and O–H groups in total. The monoisotopic (exact) mass is 1510 g/mol. The first-order valence-electron chi connectivity index (χ1n) is 30.7. The van der Waals surface area contributed by atoms with Gasteiger partial charge in [0.1, 0.15) is 12.4 Å². The van der Waals surface area contributed by atoms with Crippen LogP contribution < -0.4 is 42.5 Å². The van der Waals surface area contributed by atoms with E-state index in [9.17, 15) is 38.0 Å². The Morgan fingerprint density at radius 1 is 0.566 bits per heavy atom. The smallest absolute Gasteiger partial charge is 0.407 e. The number of aromatic nitrogens is 2. The van der Waals surface area contributed by atoms with Crippen molar-refractivity contribution in [2.45, 2.75) is 183 Å². The Kier molecular flexibility index (Phi) is 28.9. The van der Waals surface area contributed by atoms with Gasteiger partial charge in [0.2, 0.25) is 35.4 Å². The van der Waals surface area contributed by atoms with Crippen LogP contribution in [0.4, 0.5) is 14.9 Å². The number of anilines is 1. The number of carbonyl (C=O) groups excluding carboxylic acids is 7. The molecule has 5 aromatic heterocycles. The fourth-order valence-electron chi connectivity index (χ4n) is 11.8. The van der Waals surface area contributed by atoms with Gasteiger partial charge in [-0.15, -0.1) is 45.3 Å². The van der Waals surface area contributed by atoms with Crippen LogP contribution in [0, 0.1) is 17.7 Å². The summed E-state index contributed by atoms with van der Waals surface area (Å²) in [6.07, 6.45) is 6.01. The number of amides is 7. The predicted octanol–water partition coefficient (Wildman–Crippen LogP) is 16.6. The molecule has 0 spiro atoms. The van der Waals surface area contributed by atoms with E-state index in [2.05, 4.69) is 37.0 Å². The van der Waals surface area contributed by atoms with Gasteiger partial charge in [-0.2, -0.15) is 5.10 Å². The maximum absolute atomic E-state index is 13.4. The predicted molar refractivity (Wildman–Crippen MR) is 404 cm³/mol. The topological polar surface area (TPSA) is 248 Å². The Bertz CT molecular complexity index is 4110. The van der Waals surface area contributed by atoms with Crippen molar-refractivity contribution >= 4 is 150 Å². The molecule has 8 atom stereocenters. The lowest BCUT2D eigenvalue weighted by atomic mass is 9.90. The molecule has 6 fully saturated rings. The lowest BCUT2D eigenvalue weighted by Crippen LogP contribution is -2.52. The van der Waals surface area contributed by atoms with Crippen molar-refractivity contribution in [3.63, 3.8) is 0 Å². The van der Waals surface area contributed by atoms with E-state index in [1.54, 1.807) is 34.0 Å². The second kappa shape index (κ2) is 34.6. The second-order valence-electron chi connectivity index (χ2n) is 24.2. The molecule has 0 radical (unpaired) electrons. The van der Waals surface area contributed by atoms with Crippen molar-refractivity contribution in [2.24, 2.45) is 17.6 Å². The number of nitrogens with zero attached hydrogens (tertiary/aromatic N) is 3. The van der Waals surface area contributed by atoms with E-state index < -0.39 is 34.3 Å². The third-order valence-electron chi connectivity index (χ3n) is 17.5. The summed E-state index contributed by atoms with van der Waals surface area (Å²) in [6.45, 7) is 11.9. The Labute approximate surface area is 616 Å². The van der Waals surface area contributed by atoms with E-state index >= 15 is 0 Å². The van der Waals surface area contributed by atoms with E-state index in [-0.39, 0.29) is 128 Å². The molecule has 9 heterocycles. The van der Waals surface area contributed by atoms with Crippen molar-refractivity contribution in [3.8, 4) is 5.69 Å². The van der Waals surface area contributed by atoms with Crippen LogP contribution in [0.25, 0.3) is 16.6 Å². The van der Waals surface area contributed by atoms with Crippen molar-refractivity contribution in [3.05, 3.63) is 176 Å². The molecule has 7 amide bonds. The highest BCUT2D eigenvalue weighted by atomic mass is 35.5. The molecular formula is C72H91Cl4FN10O8S4. The third-order valence-corrected chi connectivity index (χ3v) is 23.4. The van der Waals surface area contributed by atoms with Gasteiger partial charge in [-0.1, -0.05) is 128 Å². The van der Waals surface area contributed by atoms with Gasteiger partial charge < -0.3 is 42.4 Å². The van der Waals surface area contributed by atoms with Gasteiger partial charge in [-0.3, -0.25) is 33.7 Å². The highest BCUT2D eigenvalue weighted by Gasteiger charge is 2.54. The first kappa shape index (κ1) is 82.7. The molecule has 4 saturated heterocycles. The summed E-state index contributed by atoms with van der Waals surface area (Å²) in [5.74, 6) is -0.256. The number of ether oxygens (including phenoxy) is 1. The Morgan fingerprint density at radius 2 is 1.00 bits per heavy atom. The summed E-state index contributed by atoms with van der Waals surface area (Å²) in [7, 11) is 0. The lowest BCUT2D eigenvalue weighted by Gasteiger charge is -2.39. The lowest BCUT2D eigenvalue weighted by molar-refractivity contribution is -0.124. The molecule has 8 aromatic rings. The number of nitrogens with one attached hydrogen (secondary N) is 6. The van der Waals surface area contributed by atoms with Crippen LogP contribution in [0.1, 0.15) is 155 Å². The van der Waals surface area contributed by atoms with Gasteiger partial charge in [0.15, 0.2) is 0 Å². The third kappa shape index (κ3) is 18.6. The van der Waals surface area contributed by atoms with Crippen LogP contribution >= 0.6 is 91.8 Å². The van der Waals surface area contributed by atoms with Gasteiger partial charge in [0.05, 0.1) is 81.4 Å². The Hall–Kier alpha value is -6.93. The molecule has 2 aliphatic carbocycles. The first-order valence-corrected chi connectivity index (χ1v) is 35.5. The number of nitrogens with two attached hydrogens (primary N) is 1. The quantitative estimate of drug-likeness (QED) is 0.0575. The molecular weight excluding hydrogens is 1420 g/mol. The number of fused-ring (bicyclic) bond motifs is 1. The van der Waals surface area contributed by atoms with E-state index in [1.807, 2.05) is 133 Å². The summed E-state index contributed by atoms with van der Waals surface area (Å²) in [5.41, 5.74) is 6.64. The van der Waals surface area contributed by atoms with Crippen LogP contribution in [-0.2, 0) is 62.3 Å². The van der Waals surface area contributed by atoms with Crippen molar-refractivity contribution in [1.82, 2.24) is 41.7 Å². The second-order valence-corrected chi connectivity index (χ2v) is 31.0. The molecule has 27 heteroatoms. The van der Waals surface area contributed by atoms with Gasteiger partial charge in [-0.25, -0.2) is 13.9 Å². The number of hydrogen-bond acceptors (Lipinski definition) is 14. The first-order chi connectivity index (χ1) is 44.8.